The van der Waals surface area contributed by atoms with Crippen LogP contribution in [0.25, 0.3) is 0 Å². The molecule has 0 spiro atoms. The molecular formula is C16H20ClN3. The topological polar surface area (TPSA) is 38.7 Å². The first-order chi connectivity index (χ1) is 9.63. The average Bonchev–Trinajstić information content (AvgIpc) is 2.45. The molecule has 0 atom stereocenters. The number of rotatable bonds is 5. The van der Waals surface area contributed by atoms with E-state index in [-0.39, 0.29) is 0 Å². The Labute approximate surface area is 125 Å². The molecule has 0 radical (unpaired) electrons. The van der Waals surface area contributed by atoms with Crippen LogP contribution >= 0.6 is 11.6 Å². The molecule has 4 heteroatoms. The summed E-state index contributed by atoms with van der Waals surface area (Å²) in [5.41, 5.74) is 4.19. The first-order valence-corrected chi connectivity index (χ1v) is 7.47. The lowest BCUT2D eigenvalue weighted by Gasteiger charge is -2.09. The highest BCUT2D eigenvalue weighted by Gasteiger charge is 2.10. The van der Waals surface area contributed by atoms with Gasteiger partial charge >= 0.3 is 0 Å². The minimum absolute atomic E-state index is 0.559. The van der Waals surface area contributed by atoms with E-state index < -0.39 is 0 Å². The van der Waals surface area contributed by atoms with Gasteiger partial charge in [-0.3, -0.25) is 4.98 Å². The second kappa shape index (κ2) is 6.80. The van der Waals surface area contributed by atoms with Crippen LogP contribution in [0.3, 0.4) is 0 Å². The molecule has 0 N–H and O–H groups in total. The van der Waals surface area contributed by atoms with E-state index in [1.165, 1.54) is 5.56 Å². The molecule has 2 aromatic rings. The number of hydrogen-bond donors (Lipinski definition) is 0. The molecule has 20 heavy (non-hydrogen) atoms. The summed E-state index contributed by atoms with van der Waals surface area (Å²) in [6, 6.07) is 4.18. The molecule has 0 saturated heterocycles. The Morgan fingerprint density at radius 2 is 1.95 bits per heavy atom. The summed E-state index contributed by atoms with van der Waals surface area (Å²) in [4.78, 5) is 13.4. The van der Waals surface area contributed by atoms with E-state index in [1.807, 2.05) is 13.1 Å². The molecule has 2 rings (SSSR count). The van der Waals surface area contributed by atoms with Gasteiger partial charge in [-0.1, -0.05) is 31.5 Å². The zero-order chi connectivity index (χ0) is 14.5. The highest BCUT2D eigenvalue weighted by molar-refractivity contribution is 6.30. The standard InChI is InChI=1S/C16H20ClN3/c1-4-6-15-19-14(11(3)16(17)20-15)9-13-8-7-12(5-2)10-18-13/h7-8,10H,4-6,9H2,1-3H3. The van der Waals surface area contributed by atoms with Crippen LogP contribution in [0.1, 0.15) is 48.6 Å². The van der Waals surface area contributed by atoms with E-state index in [9.17, 15) is 0 Å². The van der Waals surface area contributed by atoms with Gasteiger partial charge in [-0.25, -0.2) is 9.97 Å². The summed E-state index contributed by atoms with van der Waals surface area (Å²) < 4.78 is 0. The van der Waals surface area contributed by atoms with Crippen molar-refractivity contribution in [3.63, 3.8) is 0 Å². The second-order valence-corrected chi connectivity index (χ2v) is 5.30. The molecule has 106 valence electrons. The number of halogens is 1. The summed E-state index contributed by atoms with van der Waals surface area (Å²) >= 11 is 6.20. The lowest BCUT2D eigenvalue weighted by atomic mass is 10.1. The van der Waals surface area contributed by atoms with Gasteiger partial charge in [0.25, 0.3) is 0 Å². The number of aryl methyl sites for hydroxylation is 2. The van der Waals surface area contributed by atoms with Gasteiger partial charge in [0.2, 0.25) is 0 Å². The highest BCUT2D eigenvalue weighted by atomic mass is 35.5. The van der Waals surface area contributed by atoms with Crippen molar-refractivity contribution in [2.75, 3.05) is 0 Å². The van der Waals surface area contributed by atoms with E-state index in [4.69, 9.17) is 11.6 Å². The fraction of sp³-hybridized carbons (Fsp3) is 0.438. The Hall–Kier alpha value is -1.48. The quantitative estimate of drug-likeness (QED) is 0.783. The van der Waals surface area contributed by atoms with Crippen molar-refractivity contribution in [1.29, 1.82) is 0 Å². The molecule has 2 aromatic heterocycles. The first kappa shape index (κ1) is 14.9. The van der Waals surface area contributed by atoms with E-state index in [2.05, 4.69) is 40.9 Å². The molecule has 0 aliphatic rings. The van der Waals surface area contributed by atoms with Crippen LogP contribution in [0.4, 0.5) is 0 Å². The molecular weight excluding hydrogens is 270 g/mol. The van der Waals surface area contributed by atoms with Gasteiger partial charge in [0, 0.05) is 30.3 Å². The minimum Gasteiger partial charge on any atom is -0.261 e. The fourth-order valence-electron chi connectivity index (χ4n) is 2.03. The van der Waals surface area contributed by atoms with Crippen molar-refractivity contribution in [1.82, 2.24) is 15.0 Å². The van der Waals surface area contributed by atoms with Crippen molar-refractivity contribution < 1.29 is 0 Å². The molecule has 0 bridgehead atoms. The van der Waals surface area contributed by atoms with Gasteiger partial charge in [-0.2, -0.15) is 0 Å². The Morgan fingerprint density at radius 3 is 2.55 bits per heavy atom. The van der Waals surface area contributed by atoms with Crippen LogP contribution in [-0.2, 0) is 19.3 Å². The van der Waals surface area contributed by atoms with Crippen LogP contribution in [0.15, 0.2) is 18.3 Å². The third-order valence-electron chi connectivity index (χ3n) is 3.35. The Balaban J connectivity index is 2.26. The summed E-state index contributed by atoms with van der Waals surface area (Å²) in [5, 5.41) is 0.559. The zero-order valence-electron chi connectivity index (χ0n) is 12.3. The predicted molar refractivity (Wildman–Crippen MR) is 82.2 cm³/mol. The van der Waals surface area contributed by atoms with Gasteiger partial charge in [0.05, 0.1) is 5.69 Å². The maximum absolute atomic E-state index is 6.20. The maximum atomic E-state index is 6.20. The average molecular weight is 290 g/mol. The van der Waals surface area contributed by atoms with Gasteiger partial charge in [-0.05, 0) is 31.4 Å². The molecule has 0 unspecified atom stereocenters. The highest BCUT2D eigenvalue weighted by Crippen LogP contribution is 2.18. The maximum Gasteiger partial charge on any atom is 0.135 e. The molecule has 0 amide bonds. The zero-order valence-corrected chi connectivity index (χ0v) is 13.0. The monoisotopic (exact) mass is 289 g/mol. The fourth-order valence-corrected chi connectivity index (χ4v) is 2.24. The first-order valence-electron chi connectivity index (χ1n) is 7.09. The van der Waals surface area contributed by atoms with Crippen LogP contribution in [-0.4, -0.2) is 15.0 Å². The predicted octanol–water partition coefficient (Wildman–Crippen LogP) is 3.94. The van der Waals surface area contributed by atoms with E-state index in [1.54, 1.807) is 0 Å². The molecule has 0 aliphatic heterocycles. The molecule has 0 aromatic carbocycles. The summed E-state index contributed by atoms with van der Waals surface area (Å²) in [6.07, 6.45) is 5.51. The van der Waals surface area contributed by atoms with Crippen molar-refractivity contribution >= 4 is 11.6 Å². The van der Waals surface area contributed by atoms with Crippen LogP contribution < -0.4 is 0 Å². The van der Waals surface area contributed by atoms with Crippen LogP contribution in [0.5, 0.6) is 0 Å². The lowest BCUT2D eigenvalue weighted by Crippen LogP contribution is -2.05. The normalized spacial score (nSPS) is 10.8. The SMILES string of the molecule is CCCc1nc(Cl)c(C)c(Cc2ccc(CC)cn2)n1. The van der Waals surface area contributed by atoms with Gasteiger partial charge in [-0.15, -0.1) is 0 Å². The molecule has 0 fully saturated rings. The van der Waals surface area contributed by atoms with E-state index in [0.29, 0.717) is 11.6 Å². The summed E-state index contributed by atoms with van der Waals surface area (Å²) in [6.45, 7) is 6.21. The minimum atomic E-state index is 0.559. The summed E-state index contributed by atoms with van der Waals surface area (Å²) in [5.74, 6) is 0.822. The lowest BCUT2D eigenvalue weighted by molar-refractivity contribution is 0.808. The van der Waals surface area contributed by atoms with E-state index in [0.717, 1.165) is 42.0 Å². The molecule has 3 nitrogen and oxygen atoms in total. The van der Waals surface area contributed by atoms with Crippen molar-refractivity contribution in [2.24, 2.45) is 0 Å². The van der Waals surface area contributed by atoms with Crippen molar-refractivity contribution in [2.45, 2.75) is 46.5 Å². The number of aromatic nitrogens is 3. The molecule has 0 aliphatic carbocycles. The molecule has 0 saturated carbocycles. The summed E-state index contributed by atoms with van der Waals surface area (Å²) in [7, 11) is 0. The van der Waals surface area contributed by atoms with Gasteiger partial charge < -0.3 is 0 Å². The Morgan fingerprint density at radius 1 is 1.15 bits per heavy atom. The van der Waals surface area contributed by atoms with Gasteiger partial charge in [0.1, 0.15) is 11.0 Å². The van der Waals surface area contributed by atoms with Gasteiger partial charge in [0.15, 0.2) is 0 Å². The number of nitrogens with zero attached hydrogens (tertiary/aromatic N) is 3. The van der Waals surface area contributed by atoms with Crippen LogP contribution in [0, 0.1) is 6.92 Å². The van der Waals surface area contributed by atoms with Crippen LogP contribution in [0.2, 0.25) is 5.15 Å². The molecule has 2 heterocycles. The Kier molecular flexibility index (Phi) is 5.07. The Bertz CT molecular complexity index is 579. The second-order valence-electron chi connectivity index (χ2n) is 4.94. The third kappa shape index (κ3) is 3.54. The van der Waals surface area contributed by atoms with Crippen molar-refractivity contribution in [3.8, 4) is 0 Å². The van der Waals surface area contributed by atoms with Crippen molar-refractivity contribution in [3.05, 3.63) is 51.8 Å². The number of pyridine rings is 1. The van der Waals surface area contributed by atoms with E-state index >= 15 is 0 Å². The third-order valence-corrected chi connectivity index (χ3v) is 3.72. The smallest absolute Gasteiger partial charge is 0.135 e. The largest absolute Gasteiger partial charge is 0.261 e. The number of hydrogen-bond acceptors (Lipinski definition) is 3.